The number of benzene rings is 5. The van der Waals surface area contributed by atoms with Crippen LogP contribution in [0.25, 0.3) is 11.1 Å². The molecule has 5 aromatic carbocycles. The van der Waals surface area contributed by atoms with Crippen LogP contribution in [0.5, 0.6) is 0 Å². The fourth-order valence-corrected chi connectivity index (χ4v) is 9.24. The third-order valence-corrected chi connectivity index (χ3v) is 13.0. The van der Waals surface area contributed by atoms with Crippen LogP contribution in [0.2, 0.25) is 5.02 Å². The van der Waals surface area contributed by atoms with E-state index in [2.05, 4.69) is 82.5 Å². The highest BCUT2D eigenvalue weighted by atomic mass is 35.5. The van der Waals surface area contributed by atoms with Gasteiger partial charge in [-0.05, 0) is 148 Å². The Balaban J connectivity index is 1.04. The lowest BCUT2D eigenvalue weighted by atomic mass is 9.87. The molecule has 1 aliphatic rings. The molecule has 1 saturated heterocycles. The largest absolute Gasteiger partial charge is 0.381 e. The van der Waals surface area contributed by atoms with Crippen LogP contribution < -0.4 is 14.9 Å². The molecule has 7 nitrogen and oxygen atoms in total. The molecule has 0 aromatic heterocycles. The number of piperidine rings is 1. The summed E-state index contributed by atoms with van der Waals surface area (Å²) in [5, 5.41) is 4.42. The van der Waals surface area contributed by atoms with E-state index in [1.165, 1.54) is 21.6 Å². The Morgan fingerprint density at radius 2 is 1.56 bits per heavy atom. The first-order valence-electron chi connectivity index (χ1n) is 19.1. The third-order valence-electron chi connectivity index (χ3n) is 10.3. The normalized spacial score (nSPS) is 14.2. The van der Waals surface area contributed by atoms with Crippen molar-refractivity contribution in [2.45, 2.75) is 54.9 Å². The fourth-order valence-electron chi connectivity index (χ4n) is 7.09. The molecule has 55 heavy (non-hydrogen) atoms. The molecule has 1 heterocycles. The number of halogens is 1. The molecular weight excluding hydrogens is 744 g/mol. The number of sulfonamides is 1. The number of hydrogen-bond acceptors (Lipinski definition) is 7. The van der Waals surface area contributed by atoms with Crippen LogP contribution in [0.15, 0.2) is 131 Å². The minimum absolute atomic E-state index is 0.0713. The van der Waals surface area contributed by atoms with Gasteiger partial charge in [-0.2, -0.15) is 0 Å². The monoisotopic (exact) mass is 794 g/mol. The molecule has 288 valence electrons. The Bertz CT molecular complexity index is 2120. The molecule has 0 aliphatic carbocycles. The Kier molecular flexibility index (Phi) is 14.0. The van der Waals surface area contributed by atoms with Crippen molar-refractivity contribution in [1.82, 2.24) is 9.62 Å². The quantitative estimate of drug-likeness (QED) is 0.0964. The van der Waals surface area contributed by atoms with Crippen molar-refractivity contribution >= 4 is 50.7 Å². The summed E-state index contributed by atoms with van der Waals surface area (Å²) in [7, 11) is 0.0398. The van der Waals surface area contributed by atoms with E-state index < -0.39 is 15.9 Å². The van der Waals surface area contributed by atoms with Gasteiger partial charge in [0.2, 0.25) is 0 Å². The summed E-state index contributed by atoms with van der Waals surface area (Å²) in [6, 6.07) is 39.5. The second kappa shape index (κ2) is 19.0. The maximum Gasteiger partial charge on any atom is 0.264 e. The number of thioether (sulfide) groups is 1. The molecule has 1 amide bonds. The standard InChI is InChI=1S/C45H51ClN4O3S2/c1-4-34-31-42(22-23-44(34)47-39(26-27-49(2)3)32-54-41-11-6-5-7-12-41)55(52,53)48-45(51)36-16-20-40(21-17-36)50-28-24-33(25-29-50)30-37-10-8-9-13-43(37)35-14-18-38(46)19-15-35/h5-23,31,33,39,47H,4,24-30,32H2,1-3H3,(H,48,51)/t39-/m1/s1. The molecule has 5 aromatic rings. The topological polar surface area (TPSA) is 81.8 Å². The van der Waals surface area contributed by atoms with Crippen LogP contribution in [0, 0.1) is 5.92 Å². The molecule has 0 saturated carbocycles. The molecule has 0 unspecified atom stereocenters. The number of nitrogens with one attached hydrogen (secondary N) is 2. The van der Waals surface area contributed by atoms with Gasteiger partial charge in [0.25, 0.3) is 15.9 Å². The van der Waals surface area contributed by atoms with Gasteiger partial charge in [0.15, 0.2) is 0 Å². The van der Waals surface area contributed by atoms with Crippen LogP contribution in [0.4, 0.5) is 11.4 Å². The van der Waals surface area contributed by atoms with Gasteiger partial charge < -0.3 is 15.1 Å². The number of carbonyl (C=O) groups is 1. The zero-order chi connectivity index (χ0) is 38.8. The number of hydrogen-bond donors (Lipinski definition) is 2. The van der Waals surface area contributed by atoms with Crippen LogP contribution in [-0.4, -0.2) is 64.7 Å². The fraction of sp³-hybridized carbons (Fsp3) is 0.311. The van der Waals surface area contributed by atoms with E-state index in [4.69, 9.17) is 11.6 Å². The van der Waals surface area contributed by atoms with E-state index in [1.807, 2.05) is 55.5 Å². The Morgan fingerprint density at radius 1 is 0.873 bits per heavy atom. The van der Waals surface area contributed by atoms with Gasteiger partial charge in [0, 0.05) is 51.7 Å². The van der Waals surface area contributed by atoms with Gasteiger partial charge in [0.1, 0.15) is 0 Å². The second-order valence-corrected chi connectivity index (χ2v) is 17.7. The average Bonchev–Trinajstić information content (AvgIpc) is 3.20. The third kappa shape index (κ3) is 11.2. The molecular formula is C45H51ClN4O3S2. The molecule has 1 aliphatic heterocycles. The zero-order valence-electron chi connectivity index (χ0n) is 31.9. The average molecular weight is 796 g/mol. The van der Waals surface area contributed by atoms with Crippen molar-refractivity contribution in [1.29, 1.82) is 0 Å². The lowest BCUT2D eigenvalue weighted by molar-refractivity contribution is 0.0981. The van der Waals surface area contributed by atoms with Gasteiger partial charge in [-0.1, -0.05) is 73.1 Å². The van der Waals surface area contributed by atoms with E-state index in [0.717, 1.165) is 73.0 Å². The smallest absolute Gasteiger partial charge is 0.264 e. The molecule has 1 fully saturated rings. The van der Waals surface area contributed by atoms with Crippen molar-refractivity contribution < 1.29 is 13.2 Å². The predicted octanol–water partition coefficient (Wildman–Crippen LogP) is 9.67. The Morgan fingerprint density at radius 3 is 2.25 bits per heavy atom. The van der Waals surface area contributed by atoms with Crippen molar-refractivity contribution in [3.8, 4) is 11.1 Å². The van der Waals surface area contributed by atoms with Gasteiger partial charge in [-0.15, -0.1) is 11.8 Å². The van der Waals surface area contributed by atoms with E-state index in [9.17, 15) is 13.2 Å². The van der Waals surface area contributed by atoms with Crippen molar-refractivity contribution in [2.24, 2.45) is 5.92 Å². The molecule has 6 rings (SSSR count). The first kappa shape index (κ1) is 40.4. The summed E-state index contributed by atoms with van der Waals surface area (Å²) >= 11 is 7.94. The van der Waals surface area contributed by atoms with Crippen LogP contribution >= 0.6 is 23.4 Å². The molecule has 0 spiro atoms. The lowest BCUT2D eigenvalue weighted by Gasteiger charge is -2.34. The summed E-state index contributed by atoms with van der Waals surface area (Å²) in [6.07, 6.45) is 4.72. The number of nitrogens with zero attached hydrogens (tertiary/aromatic N) is 2. The highest BCUT2D eigenvalue weighted by Crippen LogP contribution is 2.32. The number of amides is 1. The van der Waals surface area contributed by atoms with Crippen LogP contribution in [0.3, 0.4) is 0 Å². The molecule has 0 radical (unpaired) electrons. The minimum Gasteiger partial charge on any atom is -0.381 e. The maximum absolute atomic E-state index is 13.5. The Hall–Kier alpha value is -4.28. The maximum atomic E-state index is 13.5. The van der Waals surface area contributed by atoms with E-state index in [1.54, 1.807) is 36.0 Å². The van der Waals surface area contributed by atoms with Crippen LogP contribution in [-0.2, 0) is 22.9 Å². The number of rotatable bonds is 16. The first-order chi connectivity index (χ1) is 26.6. The minimum atomic E-state index is -4.09. The first-order valence-corrected chi connectivity index (χ1v) is 21.9. The van der Waals surface area contributed by atoms with Gasteiger partial charge in [-0.3, -0.25) is 4.79 Å². The lowest BCUT2D eigenvalue weighted by Crippen LogP contribution is -2.34. The van der Waals surface area contributed by atoms with E-state index in [-0.39, 0.29) is 10.9 Å². The predicted molar refractivity (Wildman–Crippen MR) is 230 cm³/mol. The molecule has 10 heteroatoms. The molecule has 0 bridgehead atoms. The van der Waals surface area contributed by atoms with Gasteiger partial charge in [-0.25, -0.2) is 13.1 Å². The summed E-state index contributed by atoms with van der Waals surface area (Å²) in [6.45, 7) is 4.77. The second-order valence-electron chi connectivity index (χ2n) is 14.5. The van der Waals surface area contributed by atoms with Crippen molar-refractivity contribution in [2.75, 3.05) is 49.7 Å². The number of anilines is 2. The summed E-state index contributed by atoms with van der Waals surface area (Å²) in [5.74, 6) is 0.794. The van der Waals surface area contributed by atoms with Gasteiger partial charge in [0.05, 0.1) is 4.90 Å². The Labute approximate surface area is 336 Å². The SMILES string of the molecule is CCc1cc(S(=O)(=O)NC(=O)c2ccc(N3CCC(Cc4ccccc4-c4ccc(Cl)cc4)CC3)cc2)ccc1N[C@H](CCN(C)C)CSc1ccccc1. The molecule has 2 N–H and O–H groups in total. The van der Waals surface area contributed by atoms with E-state index in [0.29, 0.717) is 17.9 Å². The summed E-state index contributed by atoms with van der Waals surface area (Å²) in [5.41, 5.74) is 6.91. The van der Waals surface area contributed by atoms with Gasteiger partial charge >= 0.3 is 0 Å². The van der Waals surface area contributed by atoms with Crippen molar-refractivity contribution in [3.05, 3.63) is 143 Å². The van der Waals surface area contributed by atoms with E-state index >= 15 is 0 Å². The number of aryl methyl sites for hydroxylation is 1. The van der Waals surface area contributed by atoms with Crippen molar-refractivity contribution in [3.63, 3.8) is 0 Å². The highest BCUT2D eigenvalue weighted by molar-refractivity contribution is 7.99. The highest BCUT2D eigenvalue weighted by Gasteiger charge is 2.23. The van der Waals surface area contributed by atoms with Crippen LogP contribution in [0.1, 0.15) is 47.7 Å². The molecule has 1 atom stereocenters. The number of carbonyl (C=O) groups excluding carboxylic acids is 1. The summed E-state index contributed by atoms with van der Waals surface area (Å²) in [4.78, 5) is 19.0. The summed E-state index contributed by atoms with van der Waals surface area (Å²) < 4.78 is 29.2. The zero-order valence-corrected chi connectivity index (χ0v) is 34.3.